The van der Waals surface area contributed by atoms with Crippen LogP contribution >= 0.6 is 0 Å². The van der Waals surface area contributed by atoms with Gasteiger partial charge < -0.3 is 0 Å². The first-order chi connectivity index (χ1) is 14.4. The Labute approximate surface area is 172 Å². The van der Waals surface area contributed by atoms with E-state index in [4.69, 9.17) is 0 Å². The lowest BCUT2D eigenvalue weighted by molar-refractivity contribution is 0.376. The molecule has 0 N–H and O–H groups in total. The maximum atomic E-state index is 14.6. The Bertz CT molecular complexity index is 1060. The molecule has 0 unspecified atom stereocenters. The first-order valence-corrected chi connectivity index (χ1v) is 10.4. The van der Waals surface area contributed by atoms with E-state index in [0.717, 1.165) is 30.9 Å². The molecule has 1 fully saturated rings. The summed E-state index contributed by atoms with van der Waals surface area (Å²) in [6.45, 7) is 1.97. The van der Waals surface area contributed by atoms with Crippen molar-refractivity contribution in [2.24, 2.45) is 0 Å². The van der Waals surface area contributed by atoms with Gasteiger partial charge in [-0.15, -0.1) is 0 Å². The molecule has 0 aromatic heterocycles. The second-order valence-electron chi connectivity index (χ2n) is 8.24. The summed E-state index contributed by atoms with van der Waals surface area (Å²) < 4.78 is 70.1. The molecule has 1 saturated carbocycles. The quantitative estimate of drug-likeness (QED) is 0.298. The van der Waals surface area contributed by atoms with Crippen molar-refractivity contribution in [2.75, 3.05) is 0 Å². The predicted octanol–water partition coefficient (Wildman–Crippen LogP) is 7.93. The summed E-state index contributed by atoms with van der Waals surface area (Å²) in [7, 11) is 0. The number of aryl methyl sites for hydroxylation is 1. The van der Waals surface area contributed by atoms with Gasteiger partial charge in [0, 0.05) is 10.9 Å². The third-order valence-corrected chi connectivity index (χ3v) is 6.28. The summed E-state index contributed by atoms with van der Waals surface area (Å²) in [6, 6.07) is 8.78. The molecule has 0 bridgehead atoms. The van der Waals surface area contributed by atoms with Crippen LogP contribution in [0.5, 0.6) is 0 Å². The van der Waals surface area contributed by atoms with Gasteiger partial charge in [-0.1, -0.05) is 31.5 Å². The van der Waals surface area contributed by atoms with Crippen molar-refractivity contribution in [1.29, 1.82) is 0 Å². The molecule has 0 atom stereocenters. The van der Waals surface area contributed by atoms with Gasteiger partial charge in [-0.2, -0.15) is 0 Å². The number of benzene rings is 3. The molecule has 1 aliphatic rings. The van der Waals surface area contributed by atoms with Crippen LogP contribution in [-0.4, -0.2) is 0 Å². The highest BCUT2D eigenvalue weighted by atomic mass is 19.2. The molecule has 0 radical (unpaired) electrons. The SMILES string of the molecule is CCCc1cc(F)c(C2CCC(c3ccc4c(F)c(F)c(F)cc4c3)CC2)c(F)c1. The van der Waals surface area contributed by atoms with Crippen molar-refractivity contribution in [3.8, 4) is 0 Å². The molecule has 0 aliphatic heterocycles. The summed E-state index contributed by atoms with van der Waals surface area (Å²) in [5, 5.41) is 0.359. The Morgan fingerprint density at radius 3 is 2.00 bits per heavy atom. The Balaban J connectivity index is 1.53. The Morgan fingerprint density at radius 1 is 0.733 bits per heavy atom. The first kappa shape index (κ1) is 20.8. The summed E-state index contributed by atoms with van der Waals surface area (Å²) >= 11 is 0. The van der Waals surface area contributed by atoms with Crippen LogP contribution in [0.3, 0.4) is 0 Å². The van der Waals surface area contributed by atoms with E-state index in [1.54, 1.807) is 12.1 Å². The van der Waals surface area contributed by atoms with Crippen molar-refractivity contribution >= 4 is 10.8 Å². The minimum Gasteiger partial charge on any atom is -0.207 e. The molecule has 0 amide bonds. The van der Waals surface area contributed by atoms with Gasteiger partial charge in [0.2, 0.25) is 0 Å². The molecular formula is C25H23F5. The zero-order chi connectivity index (χ0) is 21.4. The molecule has 158 valence electrons. The van der Waals surface area contributed by atoms with Crippen LogP contribution in [-0.2, 0) is 6.42 Å². The van der Waals surface area contributed by atoms with E-state index in [1.807, 2.05) is 6.92 Å². The van der Waals surface area contributed by atoms with Gasteiger partial charge in [-0.25, -0.2) is 22.0 Å². The van der Waals surface area contributed by atoms with Crippen LogP contribution in [0, 0.1) is 29.1 Å². The molecule has 0 spiro atoms. The van der Waals surface area contributed by atoms with Crippen molar-refractivity contribution in [3.63, 3.8) is 0 Å². The van der Waals surface area contributed by atoms with Crippen LogP contribution in [0.25, 0.3) is 10.8 Å². The molecular weight excluding hydrogens is 395 g/mol. The zero-order valence-corrected chi connectivity index (χ0v) is 16.8. The highest BCUT2D eigenvalue weighted by molar-refractivity contribution is 5.84. The van der Waals surface area contributed by atoms with E-state index in [9.17, 15) is 22.0 Å². The molecule has 5 heteroatoms. The summed E-state index contributed by atoms with van der Waals surface area (Å²) in [4.78, 5) is 0. The molecule has 3 aromatic carbocycles. The normalized spacial score (nSPS) is 19.4. The van der Waals surface area contributed by atoms with E-state index in [2.05, 4.69) is 0 Å². The van der Waals surface area contributed by atoms with Crippen LogP contribution in [0.1, 0.15) is 67.6 Å². The van der Waals surface area contributed by atoms with E-state index < -0.39 is 29.1 Å². The number of rotatable bonds is 4. The fraction of sp³-hybridized carbons (Fsp3) is 0.360. The lowest BCUT2D eigenvalue weighted by Gasteiger charge is -2.30. The molecule has 30 heavy (non-hydrogen) atoms. The van der Waals surface area contributed by atoms with Crippen molar-refractivity contribution in [2.45, 2.75) is 57.3 Å². The standard InChI is InChI=1S/C25H23F5/c1-2-3-14-10-20(26)23(21(27)11-14)16-6-4-15(5-7-16)17-8-9-19-18(12-17)13-22(28)25(30)24(19)29/h8-13,15-16H,2-7H2,1H3. The molecule has 0 nitrogen and oxygen atoms in total. The number of fused-ring (bicyclic) bond motifs is 1. The molecule has 4 rings (SSSR count). The van der Waals surface area contributed by atoms with E-state index in [0.29, 0.717) is 30.2 Å². The zero-order valence-electron chi connectivity index (χ0n) is 16.8. The average molecular weight is 418 g/mol. The van der Waals surface area contributed by atoms with Crippen molar-refractivity contribution < 1.29 is 22.0 Å². The van der Waals surface area contributed by atoms with Gasteiger partial charge in [0.1, 0.15) is 11.6 Å². The van der Waals surface area contributed by atoms with Gasteiger partial charge in [0.25, 0.3) is 0 Å². The van der Waals surface area contributed by atoms with Crippen LogP contribution in [0.15, 0.2) is 36.4 Å². The number of halogens is 5. The third-order valence-electron chi connectivity index (χ3n) is 6.28. The second kappa shape index (κ2) is 8.37. The van der Waals surface area contributed by atoms with Gasteiger partial charge in [-0.05, 0) is 78.7 Å². The minimum atomic E-state index is -1.47. The number of hydrogen-bond acceptors (Lipinski definition) is 0. The fourth-order valence-electron chi connectivity index (χ4n) is 4.75. The maximum absolute atomic E-state index is 14.6. The summed E-state index contributed by atoms with van der Waals surface area (Å²) in [5.41, 5.74) is 1.76. The highest BCUT2D eigenvalue weighted by Crippen LogP contribution is 2.42. The van der Waals surface area contributed by atoms with E-state index >= 15 is 0 Å². The topological polar surface area (TPSA) is 0 Å². The third kappa shape index (κ3) is 3.82. The van der Waals surface area contributed by atoms with Crippen molar-refractivity contribution in [3.05, 3.63) is 82.2 Å². The highest BCUT2D eigenvalue weighted by Gasteiger charge is 2.28. The lowest BCUT2D eigenvalue weighted by Crippen LogP contribution is -2.15. The largest absolute Gasteiger partial charge is 0.207 e. The maximum Gasteiger partial charge on any atom is 0.195 e. The second-order valence-corrected chi connectivity index (χ2v) is 8.24. The first-order valence-electron chi connectivity index (χ1n) is 10.4. The Hall–Kier alpha value is -2.43. The van der Waals surface area contributed by atoms with Gasteiger partial charge in [-0.3, -0.25) is 0 Å². The van der Waals surface area contributed by atoms with Crippen LogP contribution in [0.2, 0.25) is 0 Å². The minimum absolute atomic E-state index is 0.0441. The molecule has 0 heterocycles. The van der Waals surface area contributed by atoms with Crippen LogP contribution in [0.4, 0.5) is 22.0 Å². The molecule has 1 aliphatic carbocycles. The van der Waals surface area contributed by atoms with Gasteiger partial charge in [0.15, 0.2) is 17.5 Å². The average Bonchev–Trinajstić information content (AvgIpc) is 2.72. The fourth-order valence-corrected chi connectivity index (χ4v) is 4.75. The van der Waals surface area contributed by atoms with Crippen LogP contribution < -0.4 is 0 Å². The summed E-state index contributed by atoms with van der Waals surface area (Å²) in [6.07, 6.45) is 4.19. The van der Waals surface area contributed by atoms with E-state index in [-0.39, 0.29) is 22.8 Å². The Morgan fingerprint density at radius 2 is 1.37 bits per heavy atom. The lowest BCUT2D eigenvalue weighted by atomic mass is 9.75. The molecule has 3 aromatic rings. The predicted molar refractivity (Wildman–Crippen MR) is 108 cm³/mol. The van der Waals surface area contributed by atoms with Crippen molar-refractivity contribution in [1.82, 2.24) is 0 Å². The van der Waals surface area contributed by atoms with E-state index in [1.165, 1.54) is 18.2 Å². The Kier molecular flexibility index (Phi) is 5.81. The molecule has 0 saturated heterocycles. The van der Waals surface area contributed by atoms with Gasteiger partial charge >= 0.3 is 0 Å². The monoisotopic (exact) mass is 418 g/mol. The number of hydrogen-bond donors (Lipinski definition) is 0. The summed E-state index contributed by atoms with van der Waals surface area (Å²) in [5.74, 6) is -4.85. The van der Waals surface area contributed by atoms with Gasteiger partial charge in [0.05, 0.1) is 0 Å². The smallest absolute Gasteiger partial charge is 0.195 e.